The second-order valence-electron chi connectivity index (χ2n) is 9.49. The number of aromatic nitrogens is 2. The van der Waals surface area contributed by atoms with Crippen LogP contribution >= 0.6 is 0 Å². The van der Waals surface area contributed by atoms with Gasteiger partial charge in [-0.15, -0.1) is 0 Å². The molecule has 38 heavy (non-hydrogen) atoms. The van der Waals surface area contributed by atoms with E-state index >= 15 is 0 Å². The number of nitrogens with zero attached hydrogens (tertiary/aromatic N) is 3. The minimum atomic E-state index is -4.70. The van der Waals surface area contributed by atoms with Crippen LogP contribution in [0.4, 0.5) is 24.8 Å². The number of benzene rings is 1. The van der Waals surface area contributed by atoms with Crippen molar-refractivity contribution in [2.45, 2.75) is 43.8 Å². The van der Waals surface area contributed by atoms with Crippen molar-refractivity contribution in [1.82, 2.24) is 9.97 Å². The van der Waals surface area contributed by atoms with Crippen molar-refractivity contribution in [2.75, 3.05) is 23.2 Å². The van der Waals surface area contributed by atoms with E-state index in [4.69, 9.17) is 0 Å². The molecule has 1 saturated carbocycles. The normalized spacial score (nSPS) is 15.3. The quantitative estimate of drug-likeness (QED) is 0.390. The maximum absolute atomic E-state index is 13.7. The number of halogens is 3. The first-order valence-electron chi connectivity index (χ1n) is 11.9. The van der Waals surface area contributed by atoms with E-state index in [-0.39, 0.29) is 28.8 Å². The Hall–Kier alpha value is -3.67. The molecule has 1 aliphatic carbocycles. The van der Waals surface area contributed by atoms with Crippen LogP contribution in [0.3, 0.4) is 0 Å². The van der Waals surface area contributed by atoms with Gasteiger partial charge in [0.2, 0.25) is 0 Å². The summed E-state index contributed by atoms with van der Waals surface area (Å²) in [5.41, 5.74) is -1.55. The molecular weight excluding hydrogens is 521 g/mol. The van der Waals surface area contributed by atoms with Gasteiger partial charge in [-0.1, -0.05) is 43.2 Å². The fourth-order valence-electron chi connectivity index (χ4n) is 4.77. The van der Waals surface area contributed by atoms with Crippen molar-refractivity contribution in [2.24, 2.45) is 5.41 Å². The molecule has 0 aliphatic heterocycles. The number of carboxylic acid groups (broad SMARTS) is 1. The van der Waals surface area contributed by atoms with Crippen LogP contribution < -0.4 is 9.62 Å². The Morgan fingerprint density at radius 1 is 1.05 bits per heavy atom. The van der Waals surface area contributed by atoms with Crippen LogP contribution in [-0.2, 0) is 21.0 Å². The Morgan fingerprint density at radius 3 is 2.37 bits per heavy atom. The number of alkyl halides is 3. The summed E-state index contributed by atoms with van der Waals surface area (Å²) in [5, 5.41) is 9.39. The van der Waals surface area contributed by atoms with Gasteiger partial charge in [-0.05, 0) is 49.6 Å². The van der Waals surface area contributed by atoms with Gasteiger partial charge in [0.05, 0.1) is 16.7 Å². The Bertz CT molecular complexity index is 1450. The van der Waals surface area contributed by atoms with Crippen LogP contribution in [0.1, 0.15) is 36.8 Å². The zero-order valence-corrected chi connectivity index (χ0v) is 21.6. The maximum Gasteiger partial charge on any atom is 0.418 e. The number of carboxylic acids is 1. The summed E-state index contributed by atoms with van der Waals surface area (Å²) in [6.45, 7) is 1.80. The molecule has 0 unspecified atom stereocenters. The molecule has 12 heteroatoms. The molecule has 0 bridgehead atoms. The average Bonchev–Trinajstić information content (AvgIpc) is 3.33. The second kappa shape index (κ2) is 10.2. The van der Waals surface area contributed by atoms with Crippen molar-refractivity contribution in [3.05, 3.63) is 65.7 Å². The third-order valence-corrected chi connectivity index (χ3v) is 8.03. The van der Waals surface area contributed by atoms with Gasteiger partial charge in [-0.3, -0.25) is 9.52 Å². The number of carbonyl (C=O) groups is 1. The Labute approximate surface area is 218 Å². The minimum Gasteiger partial charge on any atom is -0.481 e. The van der Waals surface area contributed by atoms with Crippen LogP contribution in [-0.4, -0.2) is 43.1 Å². The molecule has 0 spiro atoms. The Kier molecular flexibility index (Phi) is 7.37. The molecule has 0 radical (unpaired) electrons. The van der Waals surface area contributed by atoms with Crippen LogP contribution in [0.5, 0.6) is 0 Å². The van der Waals surface area contributed by atoms with Crippen LogP contribution in [0, 0.1) is 12.3 Å². The molecule has 0 atom stereocenters. The number of nitrogens with one attached hydrogen (secondary N) is 1. The van der Waals surface area contributed by atoms with E-state index in [1.807, 2.05) is 0 Å². The highest BCUT2D eigenvalue weighted by molar-refractivity contribution is 7.92. The van der Waals surface area contributed by atoms with Gasteiger partial charge < -0.3 is 10.0 Å². The number of anilines is 2. The first-order chi connectivity index (χ1) is 17.8. The third-order valence-electron chi connectivity index (χ3n) is 6.77. The molecule has 2 heterocycles. The molecule has 1 aromatic carbocycles. The van der Waals surface area contributed by atoms with Gasteiger partial charge in [0.1, 0.15) is 11.6 Å². The first-order valence-corrected chi connectivity index (χ1v) is 13.4. The lowest BCUT2D eigenvalue weighted by Gasteiger charge is -2.30. The summed E-state index contributed by atoms with van der Waals surface area (Å²) in [6, 6.07) is 12.4. The lowest BCUT2D eigenvalue weighted by molar-refractivity contribution is -0.148. The molecule has 4 rings (SSSR count). The van der Waals surface area contributed by atoms with E-state index in [1.165, 1.54) is 18.2 Å². The minimum absolute atomic E-state index is 0.159. The summed E-state index contributed by atoms with van der Waals surface area (Å²) in [5.74, 6) is -0.945. The van der Waals surface area contributed by atoms with Crippen LogP contribution in [0.25, 0.3) is 11.3 Å². The topological polar surface area (TPSA) is 112 Å². The SMILES string of the molecule is Cc1ccccc1-c1nc(NS(=O)(=O)c2cccc(N(C)CC3(C(=O)O)CCCC3)n2)ccc1C(F)(F)F. The molecular formula is C26H27F3N4O4S. The molecule has 1 fully saturated rings. The van der Waals surface area contributed by atoms with Gasteiger partial charge in [0.15, 0.2) is 5.03 Å². The summed E-state index contributed by atoms with van der Waals surface area (Å²) >= 11 is 0. The highest BCUT2D eigenvalue weighted by atomic mass is 32.2. The molecule has 3 aromatic rings. The zero-order valence-electron chi connectivity index (χ0n) is 20.8. The van der Waals surface area contributed by atoms with E-state index in [2.05, 4.69) is 14.7 Å². The molecule has 2 N–H and O–H groups in total. The monoisotopic (exact) mass is 548 g/mol. The summed E-state index contributed by atoms with van der Waals surface area (Å²) in [6.07, 6.45) is -2.05. The van der Waals surface area contributed by atoms with Crippen molar-refractivity contribution in [3.63, 3.8) is 0 Å². The highest BCUT2D eigenvalue weighted by Gasteiger charge is 2.42. The molecule has 1 aliphatic rings. The van der Waals surface area contributed by atoms with E-state index < -0.39 is 38.8 Å². The average molecular weight is 549 g/mol. The number of hydrogen-bond donors (Lipinski definition) is 2. The van der Waals surface area contributed by atoms with E-state index in [1.54, 1.807) is 43.1 Å². The summed E-state index contributed by atoms with van der Waals surface area (Å²) < 4.78 is 69.6. The van der Waals surface area contributed by atoms with Crippen molar-refractivity contribution >= 4 is 27.6 Å². The lowest BCUT2D eigenvalue weighted by Crippen LogP contribution is -2.40. The number of pyridine rings is 2. The van der Waals surface area contributed by atoms with Gasteiger partial charge in [0.25, 0.3) is 10.0 Å². The number of hydrogen-bond acceptors (Lipinski definition) is 6. The van der Waals surface area contributed by atoms with Gasteiger partial charge in [-0.2, -0.15) is 21.6 Å². The molecule has 8 nitrogen and oxygen atoms in total. The smallest absolute Gasteiger partial charge is 0.418 e. The van der Waals surface area contributed by atoms with E-state index in [9.17, 15) is 31.5 Å². The van der Waals surface area contributed by atoms with Crippen LogP contribution in [0.2, 0.25) is 0 Å². The lowest BCUT2D eigenvalue weighted by atomic mass is 9.86. The van der Waals surface area contributed by atoms with E-state index in [0.29, 0.717) is 18.4 Å². The van der Waals surface area contributed by atoms with Gasteiger partial charge in [-0.25, -0.2) is 9.97 Å². The molecule has 0 amide bonds. The predicted molar refractivity (Wildman–Crippen MR) is 136 cm³/mol. The van der Waals surface area contributed by atoms with Crippen molar-refractivity contribution in [3.8, 4) is 11.3 Å². The molecule has 2 aromatic heterocycles. The fraction of sp³-hybridized carbons (Fsp3) is 0.346. The summed E-state index contributed by atoms with van der Waals surface area (Å²) in [4.78, 5) is 21.7. The number of sulfonamides is 1. The fourth-order valence-corrected chi connectivity index (χ4v) is 5.74. The first kappa shape index (κ1) is 27.4. The zero-order chi connectivity index (χ0) is 27.7. The third kappa shape index (κ3) is 5.59. The van der Waals surface area contributed by atoms with Crippen molar-refractivity contribution in [1.29, 1.82) is 0 Å². The number of aryl methyl sites for hydroxylation is 1. The number of aliphatic carboxylic acids is 1. The van der Waals surface area contributed by atoms with Crippen molar-refractivity contribution < 1.29 is 31.5 Å². The Morgan fingerprint density at radius 2 is 1.74 bits per heavy atom. The molecule has 0 saturated heterocycles. The standard InChI is InChI=1S/C26H27F3N4O4S/c1-17-8-3-4-9-18(17)23-19(26(27,28)29)12-13-20(30-23)32-38(36,37)22-11-7-10-21(31-22)33(2)16-25(24(34)35)14-5-6-15-25/h3-4,7-13H,5-6,14-16H2,1-2H3,(H,30,32)(H,34,35). The van der Waals surface area contributed by atoms with E-state index in [0.717, 1.165) is 25.0 Å². The number of rotatable bonds is 8. The maximum atomic E-state index is 13.7. The van der Waals surface area contributed by atoms with Gasteiger partial charge in [0, 0.05) is 19.2 Å². The molecule has 202 valence electrons. The predicted octanol–water partition coefficient (Wildman–Crippen LogP) is 5.35. The largest absolute Gasteiger partial charge is 0.481 e. The van der Waals surface area contributed by atoms with Crippen LogP contribution in [0.15, 0.2) is 59.6 Å². The highest BCUT2D eigenvalue weighted by Crippen LogP contribution is 2.40. The summed E-state index contributed by atoms with van der Waals surface area (Å²) in [7, 11) is -2.69. The van der Waals surface area contributed by atoms with Gasteiger partial charge >= 0.3 is 12.1 Å². The Balaban J connectivity index is 1.64. The second-order valence-corrected chi connectivity index (χ2v) is 11.1.